The summed E-state index contributed by atoms with van der Waals surface area (Å²) in [4.78, 5) is 26.5. The van der Waals surface area contributed by atoms with Gasteiger partial charge in [-0.1, -0.05) is 0 Å². The largest absolute Gasteiger partial charge is 0.337 e. The summed E-state index contributed by atoms with van der Waals surface area (Å²) in [5.41, 5.74) is 3.85. The SMILES string of the molecule is Cc1nc(C)c(C(=O)N2CCCN(Cc3cscn3)CC2)s1. The molecule has 22 heavy (non-hydrogen) atoms. The predicted octanol–water partition coefficient (Wildman–Crippen LogP) is 2.56. The molecule has 0 unspecified atom stereocenters. The molecule has 0 saturated carbocycles. The number of rotatable bonds is 3. The van der Waals surface area contributed by atoms with Crippen molar-refractivity contribution in [2.45, 2.75) is 26.8 Å². The summed E-state index contributed by atoms with van der Waals surface area (Å²) in [6.45, 7) is 8.27. The Morgan fingerprint density at radius 3 is 2.82 bits per heavy atom. The summed E-state index contributed by atoms with van der Waals surface area (Å²) >= 11 is 3.14. The van der Waals surface area contributed by atoms with Gasteiger partial charge < -0.3 is 4.90 Å². The first kappa shape index (κ1) is 15.6. The molecule has 1 saturated heterocycles. The Morgan fingerprint density at radius 1 is 1.27 bits per heavy atom. The van der Waals surface area contributed by atoms with Crippen molar-refractivity contribution < 1.29 is 4.79 Å². The molecule has 7 heteroatoms. The number of hydrogen-bond donors (Lipinski definition) is 0. The van der Waals surface area contributed by atoms with Gasteiger partial charge in [-0.15, -0.1) is 22.7 Å². The number of thiazole rings is 2. The molecular weight excluding hydrogens is 316 g/mol. The molecule has 0 aliphatic carbocycles. The molecule has 1 aliphatic heterocycles. The lowest BCUT2D eigenvalue weighted by Gasteiger charge is -2.21. The maximum absolute atomic E-state index is 12.7. The fraction of sp³-hybridized carbons (Fsp3) is 0.533. The van der Waals surface area contributed by atoms with E-state index in [-0.39, 0.29) is 5.91 Å². The van der Waals surface area contributed by atoms with Crippen LogP contribution in [0.15, 0.2) is 10.9 Å². The number of amides is 1. The molecule has 0 radical (unpaired) electrons. The van der Waals surface area contributed by atoms with Crippen molar-refractivity contribution >= 4 is 28.6 Å². The molecule has 1 amide bonds. The van der Waals surface area contributed by atoms with Gasteiger partial charge in [0.2, 0.25) is 0 Å². The van der Waals surface area contributed by atoms with Crippen LogP contribution in [-0.4, -0.2) is 51.9 Å². The maximum Gasteiger partial charge on any atom is 0.265 e. The van der Waals surface area contributed by atoms with Crippen molar-refractivity contribution in [3.8, 4) is 0 Å². The van der Waals surface area contributed by atoms with E-state index in [0.717, 1.165) is 60.4 Å². The zero-order chi connectivity index (χ0) is 15.5. The third-order valence-corrected chi connectivity index (χ3v) is 5.54. The van der Waals surface area contributed by atoms with E-state index in [0.29, 0.717) is 0 Å². The zero-order valence-corrected chi connectivity index (χ0v) is 14.5. The molecule has 0 spiro atoms. The minimum atomic E-state index is 0.138. The Labute approximate surface area is 138 Å². The van der Waals surface area contributed by atoms with Gasteiger partial charge in [-0.05, 0) is 20.3 Å². The molecular formula is C15H20N4OS2. The minimum absolute atomic E-state index is 0.138. The standard InChI is InChI=1S/C15H20N4OS2/c1-11-14(22-12(2)17-11)15(20)19-5-3-4-18(6-7-19)8-13-9-21-10-16-13/h9-10H,3-8H2,1-2H3. The number of aromatic nitrogens is 2. The van der Waals surface area contributed by atoms with Gasteiger partial charge in [0.25, 0.3) is 5.91 Å². The summed E-state index contributed by atoms with van der Waals surface area (Å²) in [6, 6.07) is 0. The van der Waals surface area contributed by atoms with E-state index in [1.165, 1.54) is 11.3 Å². The maximum atomic E-state index is 12.7. The minimum Gasteiger partial charge on any atom is -0.337 e. The summed E-state index contributed by atoms with van der Waals surface area (Å²) in [6.07, 6.45) is 1.01. The Kier molecular flexibility index (Phi) is 4.85. The first-order valence-corrected chi connectivity index (χ1v) is 9.22. The van der Waals surface area contributed by atoms with Crippen molar-refractivity contribution in [1.82, 2.24) is 19.8 Å². The van der Waals surface area contributed by atoms with Crippen LogP contribution in [0.2, 0.25) is 0 Å². The average molecular weight is 336 g/mol. The summed E-state index contributed by atoms with van der Waals surface area (Å²) < 4.78 is 0. The second-order valence-corrected chi connectivity index (χ2v) is 7.47. The molecule has 3 rings (SSSR count). The van der Waals surface area contributed by atoms with Crippen LogP contribution in [0.5, 0.6) is 0 Å². The van der Waals surface area contributed by atoms with E-state index >= 15 is 0 Å². The summed E-state index contributed by atoms with van der Waals surface area (Å²) in [5, 5.41) is 3.05. The van der Waals surface area contributed by atoms with Crippen LogP contribution in [0.4, 0.5) is 0 Å². The van der Waals surface area contributed by atoms with Gasteiger partial charge in [-0.2, -0.15) is 0 Å². The molecule has 0 atom stereocenters. The second-order valence-electron chi connectivity index (χ2n) is 5.55. The predicted molar refractivity (Wildman–Crippen MR) is 89.5 cm³/mol. The topological polar surface area (TPSA) is 49.3 Å². The van der Waals surface area contributed by atoms with E-state index in [1.807, 2.05) is 24.3 Å². The first-order chi connectivity index (χ1) is 10.6. The van der Waals surface area contributed by atoms with Gasteiger partial charge in [0.1, 0.15) is 4.88 Å². The van der Waals surface area contributed by atoms with Gasteiger partial charge in [-0.3, -0.25) is 9.69 Å². The van der Waals surface area contributed by atoms with Gasteiger partial charge in [0.05, 0.1) is 21.9 Å². The van der Waals surface area contributed by atoms with Crippen molar-refractivity contribution in [2.24, 2.45) is 0 Å². The number of aryl methyl sites for hydroxylation is 2. The summed E-state index contributed by atoms with van der Waals surface area (Å²) in [5.74, 6) is 0.138. The monoisotopic (exact) mass is 336 g/mol. The van der Waals surface area contributed by atoms with E-state index < -0.39 is 0 Å². The molecule has 118 valence electrons. The van der Waals surface area contributed by atoms with Crippen molar-refractivity contribution in [3.05, 3.63) is 32.2 Å². The highest BCUT2D eigenvalue weighted by Gasteiger charge is 2.23. The molecule has 5 nitrogen and oxygen atoms in total. The second kappa shape index (κ2) is 6.85. The Bertz CT molecular complexity index is 638. The highest BCUT2D eigenvalue weighted by Crippen LogP contribution is 2.20. The highest BCUT2D eigenvalue weighted by molar-refractivity contribution is 7.13. The number of carbonyl (C=O) groups excluding carboxylic acids is 1. The van der Waals surface area contributed by atoms with E-state index in [4.69, 9.17) is 0 Å². The lowest BCUT2D eigenvalue weighted by molar-refractivity contribution is 0.0765. The van der Waals surface area contributed by atoms with E-state index in [2.05, 4.69) is 20.2 Å². The molecule has 3 heterocycles. The normalized spacial score (nSPS) is 16.7. The first-order valence-electron chi connectivity index (χ1n) is 7.46. The number of nitrogens with zero attached hydrogens (tertiary/aromatic N) is 4. The Hall–Kier alpha value is -1.31. The fourth-order valence-electron chi connectivity index (χ4n) is 2.75. The molecule has 1 fully saturated rings. The van der Waals surface area contributed by atoms with Crippen LogP contribution in [-0.2, 0) is 6.54 Å². The lowest BCUT2D eigenvalue weighted by Crippen LogP contribution is -2.35. The van der Waals surface area contributed by atoms with Crippen molar-refractivity contribution in [1.29, 1.82) is 0 Å². The number of hydrogen-bond acceptors (Lipinski definition) is 6. The van der Waals surface area contributed by atoms with Crippen LogP contribution < -0.4 is 0 Å². The molecule has 2 aromatic heterocycles. The summed E-state index contributed by atoms with van der Waals surface area (Å²) in [7, 11) is 0. The smallest absolute Gasteiger partial charge is 0.265 e. The third-order valence-electron chi connectivity index (χ3n) is 3.84. The molecule has 0 bridgehead atoms. The quantitative estimate of drug-likeness (QED) is 0.864. The Balaban J connectivity index is 1.62. The van der Waals surface area contributed by atoms with E-state index in [1.54, 1.807) is 11.3 Å². The lowest BCUT2D eigenvalue weighted by atomic mass is 10.3. The fourth-order valence-corrected chi connectivity index (χ4v) is 4.19. The third kappa shape index (κ3) is 3.53. The van der Waals surface area contributed by atoms with E-state index in [9.17, 15) is 4.79 Å². The van der Waals surface area contributed by atoms with Crippen molar-refractivity contribution in [3.63, 3.8) is 0 Å². The molecule has 2 aromatic rings. The number of carbonyl (C=O) groups is 1. The van der Waals surface area contributed by atoms with Crippen LogP contribution in [0.1, 0.15) is 32.5 Å². The molecule has 0 N–H and O–H groups in total. The van der Waals surface area contributed by atoms with Crippen LogP contribution in [0, 0.1) is 13.8 Å². The van der Waals surface area contributed by atoms with Crippen LogP contribution in [0.25, 0.3) is 0 Å². The molecule has 0 aromatic carbocycles. The average Bonchev–Trinajstić information content (AvgIpc) is 3.03. The molecule has 1 aliphatic rings. The Morgan fingerprint density at radius 2 is 2.14 bits per heavy atom. The van der Waals surface area contributed by atoms with Gasteiger partial charge >= 0.3 is 0 Å². The van der Waals surface area contributed by atoms with Crippen LogP contribution >= 0.6 is 22.7 Å². The van der Waals surface area contributed by atoms with Gasteiger partial charge in [-0.25, -0.2) is 9.97 Å². The van der Waals surface area contributed by atoms with Crippen LogP contribution in [0.3, 0.4) is 0 Å². The van der Waals surface area contributed by atoms with Gasteiger partial charge in [0, 0.05) is 38.1 Å². The highest BCUT2D eigenvalue weighted by atomic mass is 32.1. The van der Waals surface area contributed by atoms with Gasteiger partial charge in [0.15, 0.2) is 0 Å². The van der Waals surface area contributed by atoms with Crippen molar-refractivity contribution in [2.75, 3.05) is 26.2 Å². The zero-order valence-electron chi connectivity index (χ0n) is 12.9.